The van der Waals surface area contributed by atoms with Crippen molar-refractivity contribution < 1.29 is 9.59 Å². The van der Waals surface area contributed by atoms with Gasteiger partial charge in [0.2, 0.25) is 5.91 Å². The van der Waals surface area contributed by atoms with Crippen molar-refractivity contribution in [1.82, 2.24) is 10.3 Å². The number of nitrogens with one attached hydrogen (secondary N) is 3. The van der Waals surface area contributed by atoms with E-state index in [0.29, 0.717) is 10.2 Å². The van der Waals surface area contributed by atoms with Crippen LogP contribution in [0.4, 0.5) is 0 Å². The number of benzene rings is 3. The summed E-state index contributed by atoms with van der Waals surface area (Å²) >= 11 is 5.05. The Hall–Kier alpha value is -3.84. The largest absolute Gasteiger partial charge is 0.368 e. The van der Waals surface area contributed by atoms with E-state index >= 15 is 0 Å². The molecule has 4 aromatic rings. The summed E-state index contributed by atoms with van der Waals surface area (Å²) in [5, 5.41) is 14.7. The normalized spacial score (nSPS) is 10.3. The van der Waals surface area contributed by atoms with Gasteiger partial charge in [-0.15, -0.1) is 0 Å². The van der Waals surface area contributed by atoms with Crippen LogP contribution in [0.15, 0.2) is 60.7 Å². The van der Waals surface area contributed by atoms with E-state index in [1.165, 1.54) is 17.0 Å². The Kier molecular flexibility index (Phi) is 7.12. The van der Waals surface area contributed by atoms with Crippen LogP contribution in [0.3, 0.4) is 0 Å². The SMILES string of the molecule is Cc1cc(C)c(C(=O)NCC(N)=O)c(=S)[nH]1.N=Cc1c2ccccc2cc2ccccc12. The van der Waals surface area contributed by atoms with Crippen LogP contribution >= 0.6 is 12.2 Å². The van der Waals surface area contributed by atoms with E-state index in [0.717, 1.165) is 27.6 Å². The molecule has 1 heterocycles. The molecule has 1 aromatic heterocycles. The first-order valence-electron chi connectivity index (χ1n) is 9.99. The molecule has 32 heavy (non-hydrogen) atoms. The van der Waals surface area contributed by atoms with Gasteiger partial charge < -0.3 is 21.4 Å². The maximum Gasteiger partial charge on any atom is 0.254 e. The summed E-state index contributed by atoms with van der Waals surface area (Å²) < 4.78 is 0.361. The first kappa shape index (κ1) is 22.8. The van der Waals surface area contributed by atoms with Gasteiger partial charge in [0.15, 0.2) is 0 Å². The number of hydrogen-bond acceptors (Lipinski definition) is 4. The number of pyridine rings is 1. The lowest BCUT2D eigenvalue weighted by Crippen LogP contribution is -2.33. The zero-order chi connectivity index (χ0) is 23.3. The summed E-state index contributed by atoms with van der Waals surface area (Å²) in [6.45, 7) is 3.45. The van der Waals surface area contributed by atoms with E-state index in [1.807, 2.05) is 37.3 Å². The minimum absolute atomic E-state index is 0.194. The summed E-state index contributed by atoms with van der Waals surface area (Å²) in [4.78, 5) is 25.1. The van der Waals surface area contributed by atoms with Crippen molar-refractivity contribution in [3.63, 3.8) is 0 Å². The lowest BCUT2D eigenvalue weighted by molar-refractivity contribution is -0.117. The molecule has 0 aliphatic carbocycles. The molecule has 6 nitrogen and oxygen atoms in total. The van der Waals surface area contributed by atoms with Gasteiger partial charge in [-0.05, 0) is 53.1 Å². The first-order chi connectivity index (χ1) is 15.3. The second kappa shape index (κ2) is 9.98. The minimum atomic E-state index is -0.590. The number of hydrogen-bond donors (Lipinski definition) is 4. The number of carbonyl (C=O) groups excluding carboxylic acids is 2. The summed E-state index contributed by atoms with van der Waals surface area (Å²) in [5.74, 6) is -0.981. The molecule has 0 saturated heterocycles. The Balaban J connectivity index is 0.000000181. The van der Waals surface area contributed by atoms with Crippen LogP contribution in [0.1, 0.15) is 27.2 Å². The van der Waals surface area contributed by atoms with E-state index in [2.05, 4.69) is 40.6 Å². The van der Waals surface area contributed by atoms with Crippen LogP contribution in [0.2, 0.25) is 0 Å². The van der Waals surface area contributed by atoms with Crippen molar-refractivity contribution in [3.8, 4) is 0 Å². The number of aromatic amines is 1. The van der Waals surface area contributed by atoms with Crippen molar-refractivity contribution >= 4 is 51.8 Å². The number of amides is 2. The number of primary amides is 1. The Morgan fingerprint density at radius 3 is 2.09 bits per heavy atom. The quantitative estimate of drug-likeness (QED) is 0.210. The van der Waals surface area contributed by atoms with E-state index < -0.39 is 11.8 Å². The second-order valence-corrected chi connectivity index (χ2v) is 7.77. The number of carbonyl (C=O) groups is 2. The van der Waals surface area contributed by atoms with Crippen LogP contribution in [0, 0.1) is 23.9 Å². The Labute approximate surface area is 191 Å². The van der Waals surface area contributed by atoms with E-state index in [-0.39, 0.29) is 6.54 Å². The molecule has 0 aliphatic rings. The van der Waals surface area contributed by atoms with Crippen LogP contribution in [0.25, 0.3) is 21.5 Å². The zero-order valence-corrected chi connectivity index (χ0v) is 18.7. The topological polar surface area (TPSA) is 112 Å². The molecule has 2 amide bonds. The average Bonchev–Trinajstić information content (AvgIpc) is 2.75. The summed E-state index contributed by atoms with van der Waals surface area (Å²) in [6, 6.07) is 20.4. The van der Waals surface area contributed by atoms with Gasteiger partial charge in [-0.2, -0.15) is 0 Å². The standard InChI is InChI=1S/C15H11N.C10H13N3O2S/c16-10-15-13-7-3-1-5-11(13)9-12-6-2-4-8-14(12)15;1-5-3-6(2)13-10(16)8(5)9(15)12-4-7(11)14/h1-10,16H;3H,4H2,1-2H3,(H2,11,14)(H,12,15)(H,13,16). The van der Waals surface area contributed by atoms with E-state index in [9.17, 15) is 9.59 Å². The molecule has 0 aliphatic heterocycles. The molecule has 0 unspecified atom stereocenters. The van der Waals surface area contributed by atoms with E-state index in [1.54, 1.807) is 6.92 Å². The number of H-pyrrole nitrogens is 1. The van der Waals surface area contributed by atoms with Gasteiger partial charge in [-0.25, -0.2) is 0 Å². The highest BCUT2D eigenvalue weighted by atomic mass is 32.1. The third-order valence-corrected chi connectivity index (χ3v) is 5.28. The lowest BCUT2D eigenvalue weighted by atomic mass is 9.97. The van der Waals surface area contributed by atoms with Crippen LogP contribution in [0.5, 0.6) is 0 Å². The molecule has 0 fully saturated rings. The molecule has 3 aromatic carbocycles. The molecule has 7 heteroatoms. The Morgan fingerprint density at radius 2 is 1.59 bits per heavy atom. The van der Waals surface area contributed by atoms with E-state index in [4.69, 9.17) is 23.4 Å². The highest BCUT2D eigenvalue weighted by molar-refractivity contribution is 7.71. The van der Waals surface area contributed by atoms with Gasteiger partial charge in [0.25, 0.3) is 5.91 Å². The molecule has 0 atom stereocenters. The van der Waals surface area contributed by atoms with Crippen molar-refractivity contribution in [2.75, 3.05) is 6.54 Å². The molecule has 0 radical (unpaired) electrons. The molecule has 0 saturated carbocycles. The highest BCUT2D eigenvalue weighted by Gasteiger charge is 2.12. The number of fused-ring (bicyclic) bond motifs is 2. The van der Waals surface area contributed by atoms with Crippen molar-refractivity contribution in [2.24, 2.45) is 5.73 Å². The fourth-order valence-corrected chi connectivity index (χ4v) is 4.01. The maximum atomic E-state index is 11.7. The van der Waals surface area contributed by atoms with Crippen LogP contribution in [-0.2, 0) is 4.79 Å². The van der Waals surface area contributed by atoms with Crippen molar-refractivity contribution in [1.29, 1.82) is 5.41 Å². The summed E-state index contributed by atoms with van der Waals surface area (Å²) in [6.07, 6.45) is 1.45. The van der Waals surface area contributed by atoms with Crippen LogP contribution < -0.4 is 11.1 Å². The maximum absolute atomic E-state index is 11.7. The monoisotopic (exact) mass is 444 g/mol. The molecular weight excluding hydrogens is 420 g/mol. The zero-order valence-electron chi connectivity index (χ0n) is 17.9. The number of aryl methyl sites for hydroxylation is 2. The van der Waals surface area contributed by atoms with Gasteiger partial charge in [0.05, 0.1) is 12.1 Å². The lowest BCUT2D eigenvalue weighted by Gasteiger charge is -2.07. The number of nitrogens with two attached hydrogens (primary N) is 1. The van der Waals surface area contributed by atoms with Gasteiger partial charge in [-0.1, -0.05) is 60.7 Å². The number of rotatable bonds is 4. The molecule has 4 rings (SSSR count). The Bertz CT molecular complexity index is 1340. The summed E-state index contributed by atoms with van der Waals surface area (Å²) in [7, 11) is 0. The number of aromatic nitrogens is 1. The molecule has 0 bridgehead atoms. The first-order valence-corrected chi connectivity index (χ1v) is 10.4. The highest BCUT2D eigenvalue weighted by Crippen LogP contribution is 2.26. The predicted molar refractivity (Wildman–Crippen MR) is 132 cm³/mol. The summed E-state index contributed by atoms with van der Waals surface area (Å²) in [5.41, 5.74) is 7.97. The fourth-order valence-electron chi connectivity index (χ4n) is 3.60. The second-order valence-electron chi connectivity index (χ2n) is 7.37. The van der Waals surface area contributed by atoms with Crippen molar-refractivity contribution in [2.45, 2.75) is 13.8 Å². The van der Waals surface area contributed by atoms with Gasteiger partial charge in [0.1, 0.15) is 4.64 Å². The smallest absolute Gasteiger partial charge is 0.254 e. The predicted octanol–water partition coefficient (Wildman–Crippen LogP) is 4.57. The molecule has 162 valence electrons. The Morgan fingerprint density at radius 1 is 1.03 bits per heavy atom. The van der Waals surface area contributed by atoms with Gasteiger partial charge in [-0.3, -0.25) is 9.59 Å². The molecule has 0 spiro atoms. The van der Waals surface area contributed by atoms with Gasteiger partial charge in [0, 0.05) is 17.5 Å². The minimum Gasteiger partial charge on any atom is -0.368 e. The molecule has 5 N–H and O–H groups in total. The third-order valence-electron chi connectivity index (χ3n) is 4.97. The van der Waals surface area contributed by atoms with Gasteiger partial charge >= 0.3 is 0 Å². The molecular formula is C25H24N4O2S. The van der Waals surface area contributed by atoms with Crippen LogP contribution in [-0.4, -0.2) is 29.6 Å². The third kappa shape index (κ3) is 5.07. The average molecular weight is 445 g/mol. The fraction of sp³-hybridized carbons (Fsp3) is 0.120. The van der Waals surface area contributed by atoms with Crippen molar-refractivity contribution in [3.05, 3.63) is 87.7 Å².